The van der Waals surface area contributed by atoms with Crippen LogP contribution in [0.2, 0.25) is 0 Å². The van der Waals surface area contributed by atoms with Gasteiger partial charge in [0.05, 0.1) is 6.54 Å². The fourth-order valence-electron chi connectivity index (χ4n) is 4.09. The molecule has 0 bridgehead atoms. The van der Waals surface area contributed by atoms with Gasteiger partial charge in [0.15, 0.2) is 0 Å². The van der Waals surface area contributed by atoms with Crippen molar-refractivity contribution < 1.29 is 19.1 Å². The molecule has 0 unspecified atom stereocenters. The summed E-state index contributed by atoms with van der Waals surface area (Å²) in [5.41, 5.74) is -1.07. The number of rotatable bonds is 4. The summed E-state index contributed by atoms with van der Waals surface area (Å²) in [6.45, 7) is 9.61. The molecule has 3 aliphatic rings. The lowest BCUT2D eigenvalue weighted by molar-refractivity contribution is -0.165. The summed E-state index contributed by atoms with van der Waals surface area (Å²) in [4.78, 5) is 28.8. The summed E-state index contributed by atoms with van der Waals surface area (Å²) in [6.07, 6.45) is 5.12. The summed E-state index contributed by atoms with van der Waals surface area (Å²) in [5.74, 6) is 0.670. The predicted octanol–water partition coefficient (Wildman–Crippen LogP) is 2.81. The molecule has 3 rings (SSSR count). The van der Waals surface area contributed by atoms with E-state index in [2.05, 4.69) is 13.8 Å². The largest absolute Gasteiger partial charge is 0.441 e. The zero-order valence-corrected chi connectivity index (χ0v) is 15.9. The third-order valence-electron chi connectivity index (χ3n) is 5.90. The second-order valence-corrected chi connectivity index (χ2v) is 8.48. The van der Waals surface area contributed by atoms with Gasteiger partial charge >= 0.3 is 6.09 Å². The van der Waals surface area contributed by atoms with Crippen LogP contribution in [0.1, 0.15) is 59.3 Å². The lowest BCUT2D eigenvalue weighted by Gasteiger charge is -2.42. The van der Waals surface area contributed by atoms with E-state index >= 15 is 0 Å². The van der Waals surface area contributed by atoms with Crippen molar-refractivity contribution in [3.8, 4) is 0 Å². The minimum atomic E-state index is -0.668. The van der Waals surface area contributed by atoms with Crippen molar-refractivity contribution in [2.24, 2.45) is 5.92 Å². The molecule has 6 nitrogen and oxygen atoms in total. The molecule has 0 N–H and O–H groups in total. The van der Waals surface area contributed by atoms with Gasteiger partial charge in [0.1, 0.15) is 11.2 Å². The lowest BCUT2D eigenvalue weighted by Crippen LogP contribution is -2.55. The number of hydrogen-bond donors (Lipinski definition) is 0. The van der Waals surface area contributed by atoms with E-state index in [9.17, 15) is 9.59 Å². The van der Waals surface area contributed by atoms with E-state index in [1.54, 1.807) is 0 Å². The van der Waals surface area contributed by atoms with Crippen LogP contribution >= 0.6 is 0 Å². The standard InChI is InChI=1S/C19H32N2O4/c1-15(2)6-10-21-14-19(25-17(21)23)8-11-20(12-9-19)16(22)18(3)7-4-5-13-24-18/h15H,4-14H2,1-3H3/t18-/m1/s1. The molecule has 25 heavy (non-hydrogen) atoms. The van der Waals surface area contributed by atoms with Gasteiger partial charge in [-0.2, -0.15) is 0 Å². The smallest absolute Gasteiger partial charge is 0.410 e. The van der Waals surface area contributed by atoms with Gasteiger partial charge in [-0.1, -0.05) is 13.8 Å². The third kappa shape index (κ3) is 3.94. The maximum absolute atomic E-state index is 12.9. The number of nitrogens with zero attached hydrogens (tertiary/aromatic N) is 2. The van der Waals surface area contributed by atoms with Gasteiger partial charge in [0.2, 0.25) is 0 Å². The summed E-state index contributed by atoms with van der Waals surface area (Å²) in [7, 11) is 0. The first kappa shape index (κ1) is 18.5. The van der Waals surface area contributed by atoms with Crippen LogP contribution in [0.3, 0.4) is 0 Å². The Balaban J connectivity index is 1.55. The summed E-state index contributed by atoms with van der Waals surface area (Å²) < 4.78 is 11.6. The van der Waals surface area contributed by atoms with Crippen molar-refractivity contribution in [2.75, 3.05) is 32.8 Å². The Hall–Kier alpha value is -1.30. The van der Waals surface area contributed by atoms with Gasteiger partial charge < -0.3 is 19.3 Å². The molecular formula is C19H32N2O4. The normalized spacial score (nSPS) is 29.4. The molecular weight excluding hydrogens is 320 g/mol. The van der Waals surface area contributed by atoms with Gasteiger partial charge in [-0.15, -0.1) is 0 Å². The van der Waals surface area contributed by atoms with E-state index in [0.29, 0.717) is 32.2 Å². The second kappa shape index (κ2) is 7.14. The zero-order chi connectivity index (χ0) is 18.1. The molecule has 3 saturated heterocycles. The predicted molar refractivity (Wildman–Crippen MR) is 94.3 cm³/mol. The Morgan fingerprint density at radius 2 is 1.92 bits per heavy atom. The molecule has 3 heterocycles. The second-order valence-electron chi connectivity index (χ2n) is 8.48. The molecule has 0 saturated carbocycles. The van der Waals surface area contributed by atoms with E-state index in [1.807, 2.05) is 16.7 Å². The highest BCUT2D eigenvalue weighted by molar-refractivity contribution is 5.85. The molecule has 6 heteroatoms. The lowest BCUT2D eigenvalue weighted by atomic mass is 9.88. The molecule has 3 fully saturated rings. The number of hydrogen-bond acceptors (Lipinski definition) is 4. The molecule has 0 aromatic heterocycles. The van der Waals surface area contributed by atoms with E-state index in [1.165, 1.54) is 0 Å². The van der Waals surface area contributed by atoms with Crippen LogP contribution in [0.4, 0.5) is 4.79 Å². The Labute approximate surface area is 150 Å². The van der Waals surface area contributed by atoms with Gasteiger partial charge in [0, 0.05) is 39.1 Å². The van der Waals surface area contributed by atoms with Crippen molar-refractivity contribution in [3.63, 3.8) is 0 Å². The number of amides is 2. The molecule has 2 amide bonds. The fraction of sp³-hybridized carbons (Fsp3) is 0.895. The number of likely N-dealkylation sites (tertiary alicyclic amines) is 1. The van der Waals surface area contributed by atoms with Crippen molar-refractivity contribution in [1.29, 1.82) is 0 Å². The number of piperidine rings is 1. The zero-order valence-electron chi connectivity index (χ0n) is 15.9. The quantitative estimate of drug-likeness (QED) is 0.781. The van der Waals surface area contributed by atoms with Crippen LogP contribution in [-0.4, -0.2) is 65.8 Å². The van der Waals surface area contributed by atoms with E-state index in [0.717, 1.165) is 45.1 Å². The Bertz CT molecular complexity index is 506. The first-order chi connectivity index (χ1) is 11.8. The van der Waals surface area contributed by atoms with Crippen LogP contribution < -0.4 is 0 Å². The highest BCUT2D eigenvalue weighted by Crippen LogP contribution is 2.35. The van der Waals surface area contributed by atoms with Crippen molar-refractivity contribution >= 4 is 12.0 Å². The molecule has 1 spiro atoms. The number of carbonyl (C=O) groups excluding carboxylic acids is 2. The maximum Gasteiger partial charge on any atom is 0.410 e. The summed E-state index contributed by atoms with van der Waals surface area (Å²) >= 11 is 0. The average molecular weight is 352 g/mol. The van der Waals surface area contributed by atoms with E-state index in [4.69, 9.17) is 9.47 Å². The molecule has 3 aliphatic heterocycles. The average Bonchev–Trinajstić information content (AvgIpc) is 2.89. The van der Waals surface area contributed by atoms with Crippen LogP contribution in [0, 0.1) is 5.92 Å². The summed E-state index contributed by atoms with van der Waals surface area (Å²) in [6, 6.07) is 0. The molecule has 0 aromatic carbocycles. The van der Waals surface area contributed by atoms with Crippen LogP contribution in [0.5, 0.6) is 0 Å². The van der Waals surface area contributed by atoms with Crippen LogP contribution in [-0.2, 0) is 14.3 Å². The third-order valence-corrected chi connectivity index (χ3v) is 5.90. The monoisotopic (exact) mass is 352 g/mol. The highest BCUT2D eigenvalue weighted by atomic mass is 16.6. The van der Waals surface area contributed by atoms with Gasteiger partial charge in [-0.05, 0) is 38.5 Å². The topological polar surface area (TPSA) is 59.1 Å². The molecule has 0 aromatic rings. The molecule has 142 valence electrons. The Morgan fingerprint density at radius 1 is 1.20 bits per heavy atom. The van der Waals surface area contributed by atoms with Gasteiger partial charge in [-0.25, -0.2) is 4.79 Å². The molecule has 0 aliphatic carbocycles. The molecule has 1 atom stereocenters. The van der Waals surface area contributed by atoms with Crippen LogP contribution in [0.15, 0.2) is 0 Å². The van der Waals surface area contributed by atoms with Gasteiger partial charge in [0.25, 0.3) is 5.91 Å². The van der Waals surface area contributed by atoms with E-state index < -0.39 is 11.2 Å². The Morgan fingerprint density at radius 3 is 2.52 bits per heavy atom. The number of ether oxygens (including phenoxy) is 2. The Kier molecular flexibility index (Phi) is 5.28. The highest BCUT2D eigenvalue weighted by Gasteiger charge is 2.49. The first-order valence-corrected chi connectivity index (χ1v) is 9.75. The molecule has 0 radical (unpaired) electrons. The minimum Gasteiger partial charge on any atom is -0.441 e. The van der Waals surface area contributed by atoms with E-state index in [-0.39, 0.29) is 12.0 Å². The van der Waals surface area contributed by atoms with Gasteiger partial charge in [-0.3, -0.25) is 4.79 Å². The van der Waals surface area contributed by atoms with Crippen LogP contribution in [0.25, 0.3) is 0 Å². The van der Waals surface area contributed by atoms with Crippen molar-refractivity contribution in [2.45, 2.75) is 70.5 Å². The number of carbonyl (C=O) groups is 2. The van der Waals surface area contributed by atoms with Crippen molar-refractivity contribution in [1.82, 2.24) is 9.80 Å². The first-order valence-electron chi connectivity index (χ1n) is 9.75. The summed E-state index contributed by atoms with van der Waals surface area (Å²) in [5, 5.41) is 0. The fourth-order valence-corrected chi connectivity index (χ4v) is 4.09. The van der Waals surface area contributed by atoms with Crippen molar-refractivity contribution in [3.05, 3.63) is 0 Å². The SMILES string of the molecule is CC(C)CCN1CC2(CCN(C(=O)[C@@]3(C)CCCCO3)CC2)OC1=O. The maximum atomic E-state index is 12.9. The minimum absolute atomic E-state index is 0.100.